The zero-order chi connectivity index (χ0) is 43.9. The summed E-state index contributed by atoms with van der Waals surface area (Å²) in [6, 6.07) is 18.1. The highest BCUT2D eigenvalue weighted by Crippen LogP contribution is 2.30. The van der Waals surface area contributed by atoms with Crippen LogP contribution in [0.1, 0.15) is 70.4 Å². The van der Waals surface area contributed by atoms with Crippen molar-refractivity contribution >= 4 is 51.3 Å². The van der Waals surface area contributed by atoms with Gasteiger partial charge in [0.15, 0.2) is 5.82 Å². The third-order valence-electron chi connectivity index (χ3n) is 10.9. The van der Waals surface area contributed by atoms with Crippen LogP contribution in [-0.4, -0.2) is 94.9 Å². The van der Waals surface area contributed by atoms with E-state index in [0.717, 1.165) is 35.1 Å². The van der Waals surface area contributed by atoms with Crippen LogP contribution in [0.3, 0.4) is 0 Å². The zero-order valence-electron chi connectivity index (χ0n) is 34.7. The van der Waals surface area contributed by atoms with Crippen LogP contribution >= 0.6 is 11.6 Å². The monoisotopic (exact) mass is 876 g/mol. The minimum absolute atomic E-state index is 0.107. The fourth-order valence-electron chi connectivity index (χ4n) is 7.69. The largest absolute Gasteiger partial charge is 0.465 e. The second-order valence-electron chi connectivity index (χ2n) is 16.7. The van der Waals surface area contributed by atoms with Crippen molar-refractivity contribution in [3.63, 3.8) is 0 Å². The quantitative estimate of drug-likeness (QED) is 0.0853. The summed E-state index contributed by atoms with van der Waals surface area (Å²) in [6.45, 7) is 8.22. The number of anilines is 1. The highest BCUT2D eigenvalue weighted by Gasteiger charge is 2.31. The number of rotatable bonds is 13. The normalized spacial score (nSPS) is 17.9. The molecule has 1 aliphatic heterocycles. The lowest BCUT2D eigenvalue weighted by molar-refractivity contribution is -0.130. The first-order valence-electron chi connectivity index (χ1n) is 20.4. The number of aromatic amines is 1. The number of nitrogens with one attached hydrogen (secondary N) is 5. The summed E-state index contributed by atoms with van der Waals surface area (Å²) in [4.78, 5) is 55.5. The van der Waals surface area contributed by atoms with Gasteiger partial charge in [-0.05, 0) is 142 Å². The number of aryl methyl sites for hydroxylation is 1. The number of carbonyl (C=O) groups excluding carboxylic acids is 3. The van der Waals surface area contributed by atoms with Crippen molar-refractivity contribution in [2.75, 3.05) is 25.0 Å². The fraction of sp³-hybridized carbons (Fsp3) is 0.442. The standard InChI is InChI=1S/C43H53ClN8O8S/c1-26-22-34(61(58,59)51-33-18-20-52(21-19-33)42(56)57)16-17-35(26)31-7-5-6-28(23-31)24-36(39(54)46-32-14-12-29(13-15-32)37-48-40(44)50-49-37)47-38(53)30-10-8-27(9-11-30)25-45-41(55)60-43(2,3)4/h5-7,12-17,22-23,27,30,33,36,51H,8-11,18-21,24-25H2,1-4H3,(H,45,55)(H,46,54)(H,47,53)(H,56,57)(H,48,49,50)/t27-,30-,36-/m0/s1. The van der Waals surface area contributed by atoms with Gasteiger partial charge < -0.3 is 35.7 Å². The molecule has 0 unspecified atom stereocenters. The summed E-state index contributed by atoms with van der Waals surface area (Å²) < 4.78 is 34.8. The number of alkyl carbamates (subject to hydrolysis) is 1. The number of carbonyl (C=O) groups is 4. The Balaban J connectivity index is 1.14. The van der Waals surface area contributed by atoms with E-state index in [4.69, 9.17) is 16.3 Å². The Kier molecular flexibility index (Phi) is 14.4. The molecule has 18 heteroatoms. The minimum Gasteiger partial charge on any atom is -0.465 e. The molecule has 61 heavy (non-hydrogen) atoms. The summed E-state index contributed by atoms with van der Waals surface area (Å²) in [5, 5.41) is 26.0. The third kappa shape index (κ3) is 12.5. The number of sulfonamides is 1. The third-order valence-corrected chi connectivity index (χ3v) is 12.6. The molecule has 1 aliphatic carbocycles. The van der Waals surface area contributed by atoms with E-state index >= 15 is 0 Å². The smallest absolute Gasteiger partial charge is 0.407 e. The Hall–Kier alpha value is -5.52. The maximum absolute atomic E-state index is 14.0. The molecule has 6 rings (SSSR count). The molecule has 3 aromatic carbocycles. The van der Waals surface area contributed by atoms with Crippen LogP contribution in [0, 0.1) is 18.8 Å². The van der Waals surface area contributed by atoms with E-state index < -0.39 is 39.8 Å². The molecule has 0 radical (unpaired) electrons. The van der Waals surface area contributed by atoms with Gasteiger partial charge in [-0.2, -0.15) is 0 Å². The van der Waals surface area contributed by atoms with Gasteiger partial charge in [0, 0.05) is 49.3 Å². The van der Waals surface area contributed by atoms with Crippen molar-refractivity contribution in [3.05, 3.63) is 83.1 Å². The number of aromatic nitrogens is 3. The molecule has 6 N–H and O–H groups in total. The van der Waals surface area contributed by atoms with Crippen LogP contribution in [0.2, 0.25) is 5.28 Å². The van der Waals surface area contributed by atoms with E-state index in [0.29, 0.717) is 49.3 Å². The first-order chi connectivity index (χ1) is 28.9. The average molecular weight is 877 g/mol. The van der Waals surface area contributed by atoms with Gasteiger partial charge in [0.25, 0.3) is 0 Å². The summed E-state index contributed by atoms with van der Waals surface area (Å²) in [7, 11) is -3.87. The van der Waals surface area contributed by atoms with Gasteiger partial charge in [-0.15, -0.1) is 10.2 Å². The van der Waals surface area contributed by atoms with E-state index in [1.165, 1.54) is 4.90 Å². The van der Waals surface area contributed by atoms with Crippen LogP contribution in [0.5, 0.6) is 0 Å². The van der Waals surface area contributed by atoms with Gasteiger partial charge in [0.2, 0.25) is 27.1 Å². The van der Waals surface area contributed by atoms with Gasteiger partial charge >= 0.3 is 12.2 Å². The number of hydrogen-bond donors (Lipinski definition) is 6. The topological polar surface area (TPSA) is 225 Å². The predicted octanol–water partition coefficient (Wildman–Crippen LogP) is 6.52. The molecular weight excluding hydrogens is 824 g/mol. The lowest BCUT2D eigenvalue weighted by atomic mass is 9.81. The van der Waals surface area contributed by atoms with Gasteiger partial charge in [-0.1, -0.05) is 30.3 Å². The van der Waals surface area contributed by atoms with Crippen molar-refractivity contribution < 1.29 is 37.4 Å². The Morgan fingerprint density at radius 3 is 2.26 bits per heavy atom. The Bertz CT molecular complexity index is 2320. The Labute approximate surface area is 360 Å². The number of halogens is 1. The number of ether oxygens (including phenoxy) is 1. The number of carboxylic acid groups (broad SMARTS) is 1. The Morgan fingerprint density at radius 1 is 0.934 bits per heavy atom. The SMILES string of the molecule is Cc1cc(S(=O)(=O)NC2CCN(C(=O)O)CC2)ccc1-c1cccc(C[C@H](NC(=O)[C@H]2CC[C@H](CNC(=O)OC(C)(C)C)CC2)C(=O)Nc2ccc(-c3nnc(Cl)[nH]3)cc2)c1. The zero-order valence-corrected chi connectivity index (χ0v) is 36.2. The number of amides is 4. The summed E-state index contributed by atoms with van der Waals surface area (Å²) in [6.07, 6.45) is 2.14. The lowest BCUT2D eigenvalue weighted by Crippen LogP contribution is -2.48. The van der Waals surface area contributed by atoms with Crippen LogP contribution in [0.15, 0.2) is 71.6 Å². The molecule has 1 saturated heterocycles. The molecule has 2 fully saturated rings. The molecule has 1 atom stereocenters. The second kappa shape index (κ2) is 19.5. The van der Waals surface area contributed by atoms with Gasteiger partial charge in [0.05, 0.1) is 4.90 Å². The van der Waals surface area contributed by atoms with Gasteiger partial charge in [-0.3, -0.25) is 9.59 Å². The van der Waals surface area contributed by atoms with E-state index in [1.54, 1.807) is 42.5 Å². The molecule has 4 aromatic rings. The van der Waals surface area contributed by atoms with Crippen molar-refractivity contribution in [3.8, 4) is 22.5 Å². The molecule has 0 bridgehead atoms. The number of piperidine rings is 1. The average Bonchev–Trinajstić information content (AvgIpc) is 3.65. The maximum Gasteiger partial charge on any atom is 0.407 e. The number of likely N-dealkylation sites (tertiary alicyclic amines) is 1. The van der Waals surface area contributed by atoms with Crippen LogP contribution in [0.4, 0.5) is 15.3 Å². The molecular formula is C43H53ClN8O8S. The van der Waals surface area contributed by atoms with Crippen LogP contribution in [-0.2, 0) is 30.8 Å². The molecule has 2 aliphatic rings. The summed E-state index contributed by atoms with van der Waals surface area (Å²) >= 11 is 5.90. The fourth-order valence-corrected chi connectivity index (χ4v) is 9.20. The van der Waals surface area contributed by atoms with Crippen molar-refractivity contribution in [1.82, 2.24) is 35.4 Å². The van der Waals surface area contributed by atoms with Gasteiger partial charge in [0.1, 0.15) is 11.6 Å². The van der Waals surface area contributed by atoms with Crippen molar-refractivity contribution in [2.45, 2.75) is 95.2 Å². The first-order valence-corrected chi connectivity index (χ1v) is 22.3. The highest BCUT2D eigenvalue weighted by molar-refractivity contribution is 7.89. The lowest BCUT2D eigenvalue weighted by Gasteiger charge is -2.30. The molecule has 326 valence electrons. The molecule has 4 amide bonds. The molecule has 2 heterocycles. The predicted molar refractivity (Wildman–Crippen MR) is 230 cm³/mol. The second-order valence-corrected chi connectivity index (χ2v) is 18.8. The van der Waals surface area contributed by atoms with E-state index in [2.05, 4.69) is 35.9 Å². The molecule has 0 spiro atoms. The highest BCUT2D eigenvalue weighted by atomic mass is 35.5. The van der Waals surface area contributed by atoms with Gasteiger partial charge in [-0.25, -0.2) is 22.7 Å². The van der Waals surface area contributed by atoms with E-state index in [-0.39, 0.29) is 53.5 Å². The number of hydrogen-bond acceptors (Lipinski definition) is 9. The van der Waals surface area contributed by atoms with Crippen molar-refractivity contribution in [2.24, 2.45) is 11.8 Å². The molecule has 16 nitrogen and oxygen atoms in total. The molecule has 1 aromatic heterocycles. The summed E-state index contributed by atoms with van der Waals surface area (Å²) in [5.74, 6) is -0.261. The van der Waals surface area contributed by atoms with Crippen molar-refractivity contribution in [1.29, 1.82) is 0 Å². The van der Waals surface area contributed by atoms with Crippen LogP contribution in [0.25, 0.3) is 22.5 Å². The molecule has 1 saturated carbocycles. The van der Waals surface area contributed by atoms with Crippen LogP contribution < -0.4 is 20.7 Å². The number of H-pyrrole nitrogens is 1. The first kappa shape index (κ1) is 45.0. The van der Waals surface area contributed by atoms with E-state index in [9.17, 15) is 32.7 Å². The summed E-state index contributed by atoms with van der Waals surface area (Å²) in [5.41, 5.74) is 3.73. The minimum atomic E-state index is -3.87. The number of benzene rings is 3. The maximum atomic E-state index is 14.0. The van der Waals surface area contributed by atoms with E-state index in [1.807, 2.05) is 52.0 Å². The Morgan fingerprint density at radius 2 is 1.64 bits per heavy atom. The number of nitrogens with zero attached hydrogens (tertiary/aromatic N) is 3.